The van der Waals surface area contributed by atoms with Crippen LogP contribution in [0.1, 0.15) is 11.1 Å². The SMILES string of the molecule is Cc1cccc(N(Cc2ccccc2)C(=O)Cn2cnc3ccc(Cl)cc3c2=O)c1. The van der Waals surface area contributed by atoms with E-state index in [1.54, 1.807) is 23.1 Å². The number of aromatic nitrogens is 2. The van der Waals surface area contributed by atoms with Crippen molar-refractivity contribution in [1.82, 2.24) is 9.55 Å². The van der Waals surface area contributed by atoms with Gasteiger partial charge in [0.05, 0.1) is 23.8 Å². The smallest absolute Gasteiger partial charge is 0.261 e. The molecule has 30 heavy (non-hydrogen) atoms. The van der Waals surface area contributed by atoms with E-state index < -0.39 is 0 Å². The van der Waals surface area contributed by atoms with Gasteiger partial charge in [0.25, 0.3) is 5.56 Å². The molecule has 0 aliphatic rings. The molecule has 4 rings (SSSR count). The van der Waals surface area contributed by atoms with Crippen molar-refractivity contribution in [3.8, 4) is 0 Å². The van der Waals surface area contributed by atoms with E-state index in [-0.39, 0.29) is 18.0 Å². The van der Waals surface area contributed by atoms with Crippen molar-refractivity contribution >= 4 is 34.1 Å². The van der Waals surface area contributed by atoms with E-state index in [2.05, 4.69) is 4.98 Å². The Labute approximate surface area is 179 Å². The summed E-state index contributed by atoms with van der Waals surface area (Å²) in [5, 5.41) is 0.846. The maximum Gasteiger partial charge on any atom is 0.261 e. The molecule has 0 aliphatic carbocycles. The number of hydrogen-bond acceptors (Lipinski definition) is 3. The lowest BCUT2D eigenvalue weighted by atomic mass is 10.1. The summed E-state index contributed by atoms with van der Waals surface area (Å²) in [7, 11) is 0. The van der Waals surface area contributed by atoms with Crippen LogP contribution in [0.5, 0.6) is 0 Å². The predicted molar refractivity (Wildman–Crippen MR) is 120 cm³/mol. The van der Waals surface area contributed by atoms with Crippen molar-refractivity contribution in [1.29, 1.82) is 0 Å². The van der Waals surface area contributed by atoms with E-state index in [9.17, 15) is 9.59 Å². The van der Waals surface area contributed by atoms with Gasteiger partial charge in [-0.1, -0.05) is 54.1 Å². The number of hydrogen-bond donors (Lipinski definition) is 0. The Hall–Kier alpha value is -3.44. The molecule has 0 saturated carbocycles. The van der Waals surface area contributed by atoms with Gasteiger partial charge in [0.1, 0.15) is 6.54 Å². The molecule has 6 heteroatoms. The molecular formula is C24H20ClN3O2. The van der Waals surface area contributed by atoms with Gasteiger partial charge >= 0.3 is 0 Å². The molecule has 0 radical (unpaired) electrons. The second kappa shape index (κ2) is 8.51. The lowest BCUT2D eigenvalue weighted by molar-refractivity contribution is -0.119. The van der Waals surface area contributed by atoms with Crippen molar-refractivity contribution in [3.05, 3.63) is 106 Å². The zero-order valence-electron chi connectivity index (χ0n) is 16.5. The third-order valence-electron chi connectivity index (χ3n) is 4.89. The van der Waals surface area contributed by atoms with E-state index in [1.807, 2.05) is 61.5 Å². The Morgan fingerprint density at radius 2 is 1.83 bits per heavy atom. The van der Waals surface area contributed by atoms with Crippen LogP contribution in [-0.4, -0.2) is 15.5 Å². The Morgan fingerprint density at radius 3 is 2.60 bits per heavy atom. The van der Waals surface area contributed by atoms with Gasteiger partial charge in [0.15, 0.2) is 0 Å². The molecule has 1 amide bonds. The third-order valence-corrected chi connectivity index (χ3v) is 5.12. The summed E-state index contributed by atoms with van der Waals surface area (Å²) < 4.78 is 1.33. The van der Waals surface area contributed by atoms with Gasteiger partial charge in [-0.2, -0.15) is 0 Å². The van der Waals surface area contributed by atoms with Crippen LogP contribution in [0, 0.1) is 6.92 Å². The summed E-state index contributed by atoms with van der Waals surface area (Å²) in [6.45, 7) is 2.27. The molecule has 1 heterocycles. The Kier molecular flexibility index (Phi) is 5.63. The van der Waals surface area contributed by atoms with Crippen LogP contribution in [-0.2, 0) is 17.9 Å². The normalized spacial score (nSPS) is 10.9. The fourth-order valence-corrected chi connectivity index (χ4v) is 3.53. The van der Waals surface area contributed by atoms with Gasteiger partial charge in [-0.05, 0) is 48.4 Å². The number of rotatable bonds is 5. The highest BCUT2D eigenvalue weighted by molar-refractivity contribution is 6.31. The molecular weight excluding hydrogens is 398 g/mol. The average molecular weight is 418 g/mol. The predicted octanol–water partition coefficient (Wildman–Crippen LogP) is 4.59. The summed E-state index contributed by atoms with van der Waals surface area (Å²) in [5.74, 6) is -0.199. The molecule has 0 bridgehead atoms. The van der Waals surface area contributed by atoms with E-state index in [0.29, 0.717) is 22.5 Å². The number of nitrogens with zero attached hydrogens (tertiary/aromatic N) is 3. The number of aryl methyl sites for hydroxylation is 1. The minimum Gasteiger partial charge on any atom is -0.306 e. The van der Waals surface area contributed by atoms with Crippen LogP contribution in [0.25, 0.3) is 10.9 Å². The molecule has 0 atom stereocenters. The van der Waals surface area contributed by atoms with E-state index >= 15 is 0 Å². The van der Waals surface area contributed by atoms with Gasteiger partial charge < -0.3 is 4.90 Å². The number of carbonyl (C=O) groups excluding carboxylic acids is 1. The van der Waals surface area contributed by atoms with Crippen molar-refractivity contribution < 1.29 is 4.79 Å². The summed E-state index contributed by atoms with van der Waals surface area (Å²) in [6.07, 6.45) is 1.41. The molecule has 5 nitrogen and oxygen atoms in total. The second-order valence-electron chi connectivity index (χ2n) is 7.14. The molecule has 0 spiro atoms. The van der Waals surface area contributed by atoms with Gasteiger partial charge in [-0.15, -0.1) is 0 Å². The maximum absolute atomic E-state index is 13.3. The third kappa shape index (κ3) is 4.26. The molecule has 150 valence electrons. The Morgan fingerprint density at radius 1 is 1.03 bits per heavy atom. The standard InChI is InChI=1S/C24H20ClN3O2/c1-17-6-5-9-20(12-17)28(14-18-7-3-2-4-8-18)23(29)15-27-16-26-22-11-10-19(25)13-21(22)24(27)30/h2-13,16H,14-15H2,1H3. The molecule has 3 aromatic carbocycles. The summed E-state index contributed by atoms with van der Waals surface area (Å²) in [6, 6.07) is 22.5. The first-order valence-electron chi connectivity index (χ1n) is 9.57. The summed E-state index contributed by atoms with van der Waals surface area (Å²) in [4.78, 5) is 32.2. The Balaban J connectivity index is 1.69. The molecule has 1 aromatic heterocycles. The van der Waals surface area contributed by atoms with E-state index in [0.717, 1.165) is 16.8 Å². The first-order valence-corrected chi connectivity index (χ1v) is 9.95. The van der Waals surface area contributed by atoms with E-state index in [1.165, 1.54) is 10.9 Å². The summed E-state index contributed by atoms with van der Waals surface area (Å²) in [5.41, 5.74) is 3.10. The first-order chi connectivity index (χ1) is 14.5. The topological polar surface area (TPSA) is 55.2 Å². The van der Waals surface area contributed by atoms with Gasteiger partial charge in [-0.3, -0.25) is 14.2 Å². The molecule has 0 aliphatic heterocycles. The zero-order valence-corrected chi connectivity index (χ0v) is 17.2. The Bertz CT molecular complexity index is 1270. The number of fused-ring (bicyclic) bond motifs is 1. The van der Waals surface area contributed by atoms with Crippen LogP contribution in [0.2, 0.25) is 5.02 Å². The minimum atomic E-state index is -0.292. The molecule has 0 N–H and O–H groups in total. The lowest BCUT2D eigenvalue weighted by Crippen LogP contribution is -2.36. The fourth-order valence-electron chi connectivity index (χ4n) is 3.36. The van der Waals surface area contributed by atoms with Crippen LogP contribution in [0.15, 0.2) is 83.9 Å². The highest BCUT2D eigenvalue weighted by Crippen LogP contribution is 2.20. The number of benzene rings is 3. The number of carbonyl (C=O) groups is 1. The second-order valence-corrected chi connectivity index (χ2v) is 7.58. The average Bonchev–Trinajstić information content (AvgIpc) is 2.75. The molecule has 0 fully saturated rings. The minimum absolute atomic E-state index is 0.116. The number of amides is 1. The number of anilines is 1. The zero-order chi connectivity index (χ0) is 21.1. The molecule has 0 unspecified atom stereocenters. The van der Waals surface area contributed by atoms with Gasteiger partial charge in [0, 0.05) is 10.7 Å². The monoisotopic (exact) mass is 417 g/mol. The van der Waals surface area contributed by atoms with Crippen LogP contribution < -0.4 is 10.5 Å². The maximum atomic E-state index is 13.3. The molecule has 4 aromatic rings. The number of halogens is 1. The van der Waals surface area contributed by atoms with Crippen LogP contribution in [0.3, 0.4) is 0 Å². The highest BCUT2D eigenvalue weighted by atomic mass is 35.5. The molecule has 0 saturated heterocycles. The van der Waals surface area contributed by atoms with Crippen LogP contribution in [0.4, 0.5) is 5.69 Å². The van der Waals surface area contributed by atoms with Crippen molar-refractivity contribution in [3.63, 3.8) is 0 Å². The van der Waals surface area contributed by atoms with Crippen molar-refractivity contribution in [2.24, 2.45) is 0 Å². The largest absolute Gasteiger partial charge is 0.306 e. The van der Waals surface area contributed by atoms with Gasteiger partial charge in [0.2, 0.25) is 5.91 Å². The van der Waals surface area contributed by atoms with Crippen LogP contribution >= 0.6 is 11.6 Å². The fraction of sp³-hybridized carbons (Fsp3) is 0.125. The quantitative estimate of drug-likeness (QED) is 0.477. The lowest BCUT2D eigenvalue weighted by Gasteiger charge is -2.24. The highest BCUT2D eigenvalue weighted by Gasteiger charge is 2.18. The van der Waals surface area contributed by atoms with Gasteiger partial charge in [-0.25, -0.2) is 4.98 Å². The van der Waals surface area contributed by atoms with Crippen molar-refractivity contribution in [2.75, 3.05) is 4.90 Å². The summed E-state index contributed by atoms with van der Waals surface area (Å²) >= 11 is 6.03. The first kappa shape index (κ1) is 19.9. The van der Waals surface area contributed by atoms with E-state index in [4.69, 9.17) is 11.6 Å². The van der Waals surface area contributed by atoms with Crippen molar-refractivity contribution in [2.45, 2.75) is 20.0 Å².